The number of nitrogens with zero attached hydrogens (tertiary/aromatic N) is 1. The zero-order chi connectivity index (χ0) is 17.5. The number of carbonyl (C=O) groups excluding carboxylic acids is 2. The Morgan fingerprint density at radius 1 is 1.43 bits per heavy atom. The number of methoxy groups -OCH3 is 1. The third-order valence-corrected chi connectivity index (χ3v) is 3.74. The highest BCUT2D eigenvalue weighted by molar-refractivity contribution is 5.99. The lowest BCUT2D eigenvalue weighted by atomic mass is 9.90. The van der Waals surface area contributed by atoms with E-state index in [0.717, 1.165) is 7.11 Å². The summed E-state index contributed by atoms with van der Waals surface area (Å²) in [5, 5.41) is 42.1. The minimum Gasteiger partial charge on any atom is -0.464 e. The third-order valence-electron chi connectivity index (χ3n) is 3.74. The summed E-state index contributed by atoms with van der Waals surface area (Å²) in [5.74, 6) is -1.55. The summed E-state index contributed by atoms with van der Waals surface area (Å²) in [4.78, 5) is 35.6. The van der Waals surface area contributed by atoms with Crippen LogP contribution in [-0.4, -0.2) is 62.6 Å². The van der Waals surface area contributed by atoms with Gasteiger partial charge in [-0.2, -0.15) is 0 Å². The van der Waals surface area contributed by atoms with E-state index in [2.05, 4.69) is 15.0 Å². The Kier molecular flexibility index (Phi) is 4.36. The molecule has 1 amide bonds. The molecule has 5 N–H and O–H groups in total. The monoisotopic (exact) mass is 329 g/mol. The molecule has 23 heavy (non-hydrogen) atoms. The summed E-state index contributed by atoms with van der Waals surface area (Å²) >= 11 is 0. The van der Waals surface area contributed by atoms with Crippen LogP contribution < -0.4 is 5.32 Å². The van der Waals surface area contributed by atoms with Crippen LogP contribution >= 0.6 is 0 Å². The average Bonchev–Trinajstić information content (AvgIpc) is 2.87. The van der Waals surface area contributed by atoms with Gasteiger partial charge in [0.15, 0.2) is 6.10 Å². The van der Waals surface area contributed by atoms with Crippen molar-refractivity contribution in [2.45, 2.75) is 31.4 Å². The number of rotatable bonds is 4. The summed E-state index contributed by atoms with van der Waals surface area (Å²) in [6.45, 7) is 1.44. The van der Waals surface area contributed by atoms with Gasteiger partial charge >= 0.3 is 12.2 Å². The van der Waals surface area contributed by atoms with Crippen LogP contribution in [0.2, 0.25) is 0 Å². The van der Waals surface area contributed by atoms with E-state index in [-0.39, 0.29) is 22.5 Å². The smallest absolute Gasteiger partial charge is 0.354 e. The van der Waals surface area contributed by atoms with Gasteiger partial charge in [-0.05, 0) is 12.5 Å². The molecule has 11 nitrogen and oxygen atoms in total. The van der Waals surface area contributed by atoms with Gasteiger partial charge in [0.2, 0.25) is 0 Å². The average molecular weight is 329 g/mol. The molecule has 4 unspecified atom stereocenters. The number of H-pyrrole nitrogens is 1. The molecular formula is C12H15N3O8. The molecule has 1 aromatic rings. The van der Waals surface area contributed by atoms with Gasteiger partial charge in [-0.3, -0.25) is 14.9 Å². The second kappa shape index (κ2) is 5.95. The molecule has 1 aliphatic heterocycles. The number of aromatic amines is 1. The third kappa shape index (κ3) is 2.65. The van der Waals surface area contributed by atoms with Gasteiger partial charge in [0.05, 0.1) is 18.1 Å². The van der Waals surface area contributed by atoms with E-state index < -0.39 is 41.3 Å². The highest BCUT2D eigenvalue weighted by Crippen LogP contribution is 2.33. The van der Waals surface area contributed by atoms with E-state index in [4.69, 9.17) is 0 Å². The van der Waals surface area contributed by atoms with E-state index in [9.17, 15) is 35.0 Å². The zero-order valence-corrected chi connectivity index (χ0v) is 12.1. The molecule has 2 rings (SSSR count). The highest BCUT2D eigenvalue weighted by Gasteiger charge is 2.45. The first-order chi connectivity index (χ1) is 10.7. The number of aliphatic hydroxyl groups excluding tert-OH is 3. The molecule has 0 aliphatic carbocycles. The Labute approximate surface area is 129 Å². The van der Waals surface area contributed by atoms with Crippen molar-refractivity contribution >= 4 is 11.9 Å². The lowest BCUT2D eigenvalue weighted by Gasteiger charge is -2.32. The van der Waals surface area contributed by atoms with E-state index in [1.54, 1.807) is 0 Å². The molecule has 1 aromatic heterocycles. The number of hydrogen-bond acceptors (Lipinski definition) is 8. The minimum absolute atomic E-state index is 0.00810. The van der Waals surface area contributed by atoms with Crippen LogP contribution in [0.15, 0.2) is 0 Å². The van der Waals surface area contributed by atoms with Crippen molar-refractivity contribution < 1.29 is 34.6 Å². The molecule has 2 heterocycles. The molecule has 11 heteroatoms. The highest BCUT2D eigenvalue weighted by atomic mass is 16.7. The molecule has 1 aliphatic rings. The fraction of sp³-hybridized carbons (Fsp3) is 0.500. The van der Waals surface area contributed by atoms with Crippen molar-refractivity contribution in [3.8, 4) is 0 Å². The van der Waals surface area contributed by atoms with Gasteiger partial charge in [0.1, 0.15) is 17.5 Å². The number of esters is 1. The summed E-state index contributed by atoms with van der Waals surface area (Å²) in [6, 6.07) is -1.52. The zero-order valence-electron chi connectivity index (χ0n) is 12.1. The first-order valence-corrected chi connectivity index (χ1v) is 6.50. The maximum Gasteiger partial charge on any atom is 0.354 e. The first kappa shape index (κ1) is 16.9. The standard InChI is InChI=1S/C12H15N3O8/c1-3-4-6(13-5(3)12(20)23-2)10(18)14-7(8(4)16)9(17)11(19)15(21)22/h7-9,11,13,16-17,19H,1-2H3,(H,14,18). The van der Waals surface area contributed by atoms with Crippen molar-refractivity contribution in [3.05, 3.63) is 32.6 Å². The second-order valence-electron chi connectivity index (χ2n) is 5.04. The fourth-order valence-electron chi connectivity index (χ4n) is 2.53. The number of hydrogen-bond donors (Lipinski definition) is 5. The quantitative estimate of drug-likeness (QED) is 0.186. The number of fused-ring (bicyclic) bond motifs is 1. The molecule has 0 bridgehead atoms. The Morgan fingerprint density at radius 3 is 2.57 bits per heavy atom. The lowest BCUT2D eigenvalue weighted by molar-refractivity contribution is -0.584. The van der Waals surface area contributed by atoms with Crippen LogP contribution in [0.1, 0.15) is 38.2 Å². The van der Waals surface area contributed by atoms with Gasteiger partial charge < -0.3 is 30.4 Å². The molecule has 4 atom stereocenters. The molecule has 0 radical (unpaired) electrons. The number of ether oxygens (including phenoxy) is 1. The maximum atomic E-state index is 12.0. The van der Waals surface area contributed by atoms with Gasteiger partial charge in [-0.1, -0.05) is 0 Å². The van der Waals surface area contributed by atoms with E-state index in [0.29, 0.717) is 0 Å². The second-order valence-corrected chi connectivity index (χ2v) is 5.04. The SMILES string of the molecule is COC(=O)c1[nH]c2c(c1C)C(O)C(C(O)C(O)[N+](=O)[O-])NC2=O. The molecule has 126 valence electrons. The fourth-order valence-corrected chi connectivity index (χ4v) is 2.53. The Balaban J connectivity index is 2.45. The normalized spacial score (nSPS) is 22.7. The van der Waals surface area contributed by atoms with Crippen molar-refractivity contribution in [3.63, 3.8) is 0 Å². The van der Waals surface area contributed by atoms with Crippen LogP contribution in [0.3, 0.4) is 0 Å². The number of aliphatic hydroxyl groups is 3. The van der Waals surface area contributed by atoms with Crippen molar-refractivity contribution in [2.75, 3.05) is 7.11 Å². The number of nitro groups is 1. The summed E-state index contributed by atoms with van der Waals surface area (Å²) in [6.07, 6.45) is -6.01. The lowest BCUT2D eigenvalue weighted by Crippen LogP contribution is -2.56. The minimum atomic E-state index is -2.39. The number of nitrogens with one attached hydrogen (secondary N) is 2. The predicted octanol–water partition coefficient (Wildman–Crippen LogP) is -1.79. The maximum absolute atomic E-state index is 12.0. The van der Waals surface area contributed by atoms with Crippen LogP contribution in [0.5, 0.6) is 0 Å². The van der Waals surface area contributed by atoms with Crippen molar-refractivity contribution in [2.24, 2.45) is 0 Å². The first-order valence-electron chi connectivity index (χ1n) is 6.50. The van der Waals surface area contributed by atoms with E-state index >= 15 is 0 Å². The molecule has 0 saturated heterocycles. The van der Waals surface area contributed by atoms with Crippen molar-refractivity contribution in [1.29, 1.82) is 0 Å². The van der Waals surface area contributed by atoms with Gasteiger partial charge in [-0.15, -0.1) is 0 Å². The number of carbonyl (C=O) groups is 2. The van der Waals surface area contributed by atoms with Gasteiger partial charge in [-0.25, -0.2) is 4.79 Å². The summed E-state index contributed by atoms with van der Waals surface area (Å²) in [7, 11) is 1.14. The van der Waals surface area contributed by atoms with Crippen molar-refractivity contribution in [1.82, 2.24) is 10.3 Å². The predicted molar refractivity (Wildman–Crippen MR) is 72.1 cm³/mol. The summed E-state index contributed by atoms with van der Waals surface area (Å²) < 4.78 is 4.55. The Hall–Kier alpha value is -2.50. The molecule has 0 aromatic carbocycles. The van der Waals surface area contributed by atoms with E-state index in [1.807, 2.05) is 0 Å². The van der Waals surface area contributed by atoms with Crippen LogP contribution in [0.4, 0.5) is 0 Å². The Bertz CT molecular complexity index is 670. The topological polar surface area (TPSA) is 175 Å². The molecular weight excluding hydrogens is 314 g/mol. The van der Waals surface area contributed by atoms with E-state index in [1.165, 1.54) is 6.92 Å². The van der Waals surface area contributed by atoms with Crippen LogP contribution in [0.25, 0.3) is 0 Å². The van der Waals surface area contributed by atoms with Gasteiger partial charge in [0, 0.05) is 5.56 Å². The summed E-state index contributed by atoms with van der Waals surface area (Å²) in [5.41, 5.74) is 0.0434. The molecule has 0 spiro atoms. The molecule has 0 fully saturated rings. The largest absolute Gasteiger partial charge is 0.464 e. The number of amides is 1. The van der Waals surface area contributed by atoms with Gasteiger partial charge in [0.25, 0.3) is 5.91 Å². The molecule has 0 saturated carbocycles. The number of aromatic nitrogens is 1. The van der Waals surface area contributed by atoms with Crippen LogP contribution in [0, 0.1) is 17.0 Å². The Morgan fingerprint density at radius 2 is 2.04 bits per heavy atom. The van der Waals surface area contributed by atoms with Crippen LogP contribution in [-0.2, 0) is 4.74 Å².